The monoisotopic (exact) mass is 143 g/mol. The van der Waals surface area contributed by atoms with Crippen molar-refractivity contribution in [2.45, 2.75) is 38.3 Å². The standard InChI is InChI=1S/C7H13NO2/c1-2-7(10)8-5-3-6(9)4-5/h5-6,9H,2-4H2,1H3,(H,8,10). The van der Waals surface area contributed by atoms with Gasteiger partial charge in [-0.15, -0.1) is 0 Å². The van der Waals surface area contributed by atoms with Gasteiger partial charge in [0.15, 0.2) is 0 Å². The van der Waals surface area contributed by atoms with Gasteiger partial charge in [-0.3, -0.25) is 4.79 Å². The summed E-state index contributed by atoms with van der Waals surface area (Å²) < 4.78 is 0. The molecule has 0 radical (unpaired) electrons. The van der Waals surface area contributed by atoms with Crippen LogP contribution in [0.1, 0.15) is 26.2 Å². The highest BCUT2D eigenvalue weighted by atomic mass is 16.3. The molecule has 1 rings (SSSR count). The Bertz CT molecular complexity index is 130. The number of amides is 1. The van der Waals surface area contributed by atoms with Crippen LogP contribution in [0.15, 0.2) is 0 Å². The molecule has 10 heavy (non-hydrogen) atoms. The van der Waals surface area contributed by atoms with Gasteiger partial charge in [-0.25, -0.2) is 0 Å². The summed E-state index contributed by atoms with van der Waals surface area (Å²) >= 11 is 0. The normalized spacial score (nSPS) is 31.0. The Hall–Kier alpha value is -0.570. The smallest absolute Gasteiger partial charge is 0.219 e. The van der Waals surface area contributed by atoms with Crippen molar-refractivity contribution in [3.63, 3.8) is 0 Å². The van der Waals surface area contributed by atoms with E-state index in [4.69, 9.17) is 5.11 Å². The number of aliphatic hydroxyl groups excluding tert-OH is 1. The maximum atomic E-state index is 10.7. The van der Waals surface area contributed by atoms with Crippen LogP contribution < -0.4 is 5.32 Å². The van der Waals surface area contributed by atoms with Gasteiger partial charge in [0.1, 0.15) is 0 Å². The van der Waals surface area contributed by atoms with Crippen LogP contribution in [0, 0.1) is 0 Å². The van der Waals surface area contributed by atoms with E-state index in [9.17, 15) is 4.79 Å². The van der Waals surface area contributed by atoms with Gasteiger partial charge >= 0.3 is 0 Å². The van der Waals surface area contributed by atoms with Crippen molar-refractivity contribution in [3.05, 3.63) is 0 Å². The Morgan fingerprint density at radius 1 is 1.70 bits per heavy atom. The summed E-state index contributed by atoms with van der Waals surface area (Å²) in [5.74, 6) is 0.0805. The quantitative estimate of drug-likeness (QED) is 0.573. The second-order valence-corrected chi connectivity index (χ2v) is 2.74. The Balaban J connectivity index is 2.10. The predicted octanol–water partition coefficient (Wildman–Crippen LogP) is 0.0359. The Kier molecular flexibility index (Phi) is 2.27. The summed E-state index contributed by atoms with van der Waals surface area (Å²) in [7, 11) is 0. The molecule has 0 aromatic heterocycles. The zero-order chi connectivity index (χ0) is 7.56. The highest BCUT2D eigenvalue weighted by molar-refractivity contribution is 5.75. The third-order valence-corrected chi connectivity index (χ3v) is 1.80. The third kappa shape index (κ3) is 1.70. The molecule has 3 nitrogen and oxygen atoms in total. The lowest BCUT2D eigenvalue weighted by molar-refractivity contribution is -0.122. The zero-order valence-corrected chi connectivity index (χ0v) is 6.13. The predicted molar refractivity (Wildman–Crippen MR) is 37.5 cm³/mol. The molecular weight excluding hydrogens is 130 g/mol. The summed E-state index contributed by atoms with van der Waals surface area (Å²) in [6, 6.07) is 0.238. The van der Waals surface area contributed by atoms with Gasteiger partial charge in [-0.2, -0.15) is 0 Å². The molecule has 58 valence electrons. The highest BCUT2D eigenvalue weighted by Crippen LogP contribution is 2.18. The topological polar surface area (TPSA) is 49.3 Å². The second kappa shape index (κ2) is 3.01. The summed E-state index contributed by atoms with van der Waals surface area (Å²) in [4.78, 5) is 10.7. The first kappa shape index (κ1) is 7.54. The molecule has 1 aliphatic carbocycles. The lowest BCUT2D eigenvalue weighted by atomic mass is 9.89. The minimum absolute atomic E-state index is 0.0805. The van der Waals surface area contributed by atoms with Crippen LogP contribution >= 0.6 is 0 Å². The number of nitrogens with one attached hydrogen (secondary N) is 1. The molecule has 0 atom stereocenters. The maximum absolute atomic E-state index is 10.7. The van der Waals surface area contributed by atoms with Crippen LogP contribution in [-0.4, -0.2) is 23.2 Å². The van der Waals surface area contributed by atoms with E-state index in [2.05, 4.69) is 5.32 Å². The lowest BCUT2D eigenvalue weighted by Gasteiger charge is -2.31. The molecule has 0 aliphatic heterocycles. The highest BCUT2D eigenvalue weighted by Gasteiger charge is 2.27. The van der Waals surface area contributed by atoms with Crippen LogP contribution in [0.5, 0.6) is 0 Å². The van der Waals surface area contributed by atoms with Crippen molar-refractivity contribution in [2.24, 2.45) is 0 Å². The van der Waals surface area contributed by atoms with E-state index < -0.39 is 0 Å². The van der Waals surface area contributed by atoms with Gasteiger partial charge in [0.05, 0.1) is 6.10 Å². The molecule has 2 N–H and O–H groups in total. The largest absolute Gasteiger partial charge is 0.393 e. The fourth-order valence-corrected chi connectivity index (χ4v) is 1.04. The molecule has 1 fully saturated rings. The average Bonchev–Trinajstić information content (AvgIpc) is 1.84. The number of carbonyl (C=O) groups is 1. The van der Waals surface area contributed by atoms with Crippen molar-refractivity contribution in [1.82, 2.24) is 5.32 Å². The number of carbonyl (C=O) groups excluding carboxylic acids is 1. The SMILES string of the molecule is CCC(=O)NC1CC(O)C1. The molecule has 1 saturated carbocycles. The summed E-state index contributed by atoms with van der Waals surface area (Å²) in [6.45, 7) is 1.82. The number of hydrogen-bond donors (Lipinski definition) is 2. The van der Waals surface area contributed by atoms with Crippen molar-refractivity contribution in [2.75, 3.05) is 0 Å². The van der Waals surface area contributed by atoms with Crippen molar-refractivity contribution in [1.29, 1.82) is 0 Å². The van der Waals surface area contributed by atoms with Crippen molar-refractivity contribution in [3.8, 4) is 0 Å². The molecule has 1 amide bonds. The maximum Gasteiger partial charge on any atom is 0.219 e. The second-order valence-electron chi connectivity index (χ2n) is 2.74. The van der Waals surface area contributed by atoms with E-state index in [1.165, 1.54) is 0 Å². The van der Waals surface area contributed by atoms with Crippen LogP contribution in [-0.2, 0) is 4.79 Å². The summed E-state index contributed by atoms with van der Waals surface area (Å²) in [6.07, 6.45) is 1.81. The Morgan fingerprint density at radius 3 is 2.70 bits per heavy atom. The van der Waals surface area contributed by atoms with Crippen LogP contribution in [0.25, 0.3) is 0 Å². The third-order valence-electron chi connectivity index (χ3n) is 1.80. The van der Waals surface area contributed by atoms with Gasteiger partial charge in [0, 0.05) is 12.5 Å². The molecule has 0 saturated heterocycles. The minimum Gasteiger partial charge on any atom is -0.393 e. The summed E-state index contributed by atoms with van der Waals surface area (Å²) in [5, 5.41) is 11.7. The van der Waals surface area contributed by atoms with E-state index in [0.29, 0.717) is 6.42 Å². The van der Waals surface area contributed by atoms with Gasteiger partial charge in [0.25, 0.3) is 0 Å². The zero-order valence-electron chi connectivity index (χ0n) is 6.13. The number of hydrogen-bond acceptors (Lipinski definition) is 2. The minimum atomic E-state index is -0.179. The first-order valence-electron chi connectivity index (χ1n) is 3.69. The number of aliphatic hydroxyl groups is 1. The van der Waals surface area contributed by atoms with E-state index in [1.807, 2.05) is 6.92 Å². The van der Waals surface area contributed by atoms with Crippen LogP contribution in [0.2, 0.25) is 0 Å². The van der Waals surface area contributed by atoms with E-state index in [1.54, 1.807) is 0 Å². The van der Waals surface area contributed by atoms with Crippen molar-refractivity contribution < 1.29 is 9.90 Å². The average molecular weight is 143 g/mol. The van der Waals surface area contributed by atoms with Gasteiger partial charge in [0.2, 0.25) is 5.91 Å². The first-order valence-corrected chi connectivity index (χ1v) is 3.69. The van der Waals surface area contributed by atoms with Gasteiger partial charge in [-0.1, -0.05) is 6.92 Å². The molecule has 0 aromatic rings. The molecule has 0 unspecified atom stereocenters. The van der Waals surface area contributed by atoms with E-state index in [0.717, 1.165) is 12.8 Å². The van der Waals surface area contributed by atoms with E-state index >= 15 is 0 Å². The van der Waals surface area contributed by atoms with Gasteiger partial charge < -0.3 is 10.4 Å². The van der Waals surface area contributed by atoms with Gasteiger partial charge in [-0.05, 0) is 12.8 Å². The molecule has 0 bridgehead atoms. The van der Waals surface area contributed by atoms with Crippen LogP contribution in [0.3, 0.4) is 0 Å². The molecule has 0 spiro atoms. The van der Waals surface area contributed by atoms with E-state index in [-0.39, 0.29) is 18.1 Å². The molecule has 1 aliphatic rings. The lowest BCUT2D eigenvalue weighted by Crippen LogP contribution is -2.46. The van der Waals surface area contributed by atoms with Crippen LogP contribution in [0.4, 0.5) is 0 Å². The molecule has 3 heteroatoms. The fraction of sp³-hybridized carbons (Fsp3) is 0.857. The Morgan fingerprint density at radius 2 is 2.30 bits per heavy atom. The Labute approximate surface area is 60.4 Å². The number of rotatable bonds is 2. The molecular formula is C7H13NO2. The molecule has 0 aromatic carbocycles. The molecule has 0 heterocycles. The summed E-state index contributed by atoms with van der Waals surface area (Å²) in [5.41, 5.74) is 0. The first-order chi connectivity index (χ1) is 4.72. The fourth-order valence-electron chi connectivity index (χ4n) is 1.04. The van der Waals surface area contributed by atoms with Crippen molar-refractivity contribution >= 4 is 5.91 Å².